The third-order valence-electron chi connectivity index (χ3n) is 5.08. The molecule has 0 aromatic rings. The molecule has 0 bridgehead atoms. The van der Waals surface area contributed by atoms with E-state index in [-0.39, 0.29) is 23.8 Å². The molecule has 0 spiro atoms. The molecule has 0 aliphatic heterocycles. The molecule has 2 rings (SSSR count). The average molecular weight is 281 g/mol. The van der Waals surface area contributed by atoms with E-state index in [4.69, 9.17) is 5.11 Å². The Morgan fingerprint density at radius 2 is 1.65 bits per heavy atom. The summed E-state index contributed by atoms with van der Waals surface area (Å²) in [4.78, 5) is 23.5. The fraction of sp³-hybridized carbons (Fsp3) is 0.875. The molecule has 0 aromatic heterocycles. The number of hydrogen-bond donors (Lipinski definition) is 2. The Bertz CT molecular complexity index is 356. The van der Waals surface area contributed by atoms with Gasteiger partial charge in [-0.1, -0.05) is 32.6 Å². The van der Waals surface area contributed by atoms with Crippen LogP contribution in [0.3, 0.4) is 0 Å². The van der Waals surface area contributed by atoms with Crippen LogP contribution in [-0.2, 0) is 9.59 Å². The first kappa shape index (κ1) is 15.3. The van der Waals surface area contributed by atoms with Crippen LogP contribution in [0.1, 0.15) is 64.7 Å². The Labute approximate surface area is 121 Å². The van der Waals surface area contributed by atoms with Crippen LogP contribution in [-0.4, -0.2) is 23.0 Å². The minimum Gasteiger partial charge on any atom is -0.481 e. The third kappa shape index (κ3) is 3.97. The number of nitrogens with one attached hydrogen (secondary N) is 1. The molecule has 4 heteroatoms. The van der Waals surface area contributed by atoms with Crippen molar-refractivity contribution in [2.45, 2.75) is 70.8 Å². The zero-order chi connectivity index (χ0) is 14.5. The van der Waals surface area contributed by atoms with Crippen molar-refractivity contribution < 1.29 is 14.7 Å². The van der Waals surface area contributed by atoms with Crippen molar-refractivity contribution in [1.29, 1.82) is 0 Å². The molecule has 2 fully saturated rings. The number of carboxylic acid groups (broad SMARTS) is 1. The molecule has 20 heavy (non-hydrogen) atoms. The summed E-state index contributed by atoms with van der Waals surface area (Å²) in [5.74, 6) is -0.535. The third-order valence-corrected chi connectivity index (χ3v) is 5.08. The van der Waals surface area contributed by atoms with Crippen LogP contribution in [0.25, 0.3) is 0 Å². The van der Waals surface area contributed by atoms with Gasteiger partial charge >= 0.3 is 5.97 Å². The number of hydrogen-bond acceptors (Lipinski definition) is 2. The number of carbonyl (C=O) groups excluding carboxylic acids is 1. The highest BCUT2D eigenvalue weighted by Gasteiger charge is 2.32. The normalized spacial score (nSPS) is 35.0. The van der Waals surface area contributed by atoms with Crippen LogP contribution in [0.2, 0.25) is 0 Å². The second-order valence-corrected chi connectivity index (χ2v) is 6.63. The molecular weight excluding hydrogens is 254 g/mol. The average Bonchev–Trinajstić information content (AvgIpc) is 2.64. The highest BCUT2D eigenvalue weighted by molar-refractivity contribution is 5.80. The van der Waals surface area contributed by atoms with E-state index in [1.54, 1.807) is 0 Å². The summed E-state index contributed by atoms with van der Waals surface area (Å²) in [6, 6.07) is 0.287. The zero-order valence-electron chi connectivity index (χ0n) is 12.4. The summed E-state index contributed by atoms with van der Waals surface area (Å²) in [5.41, 5.74) is 0. The van der Waals surface area contributed by atoms with Crippen LogP contribution in [0.5, 0.6) is 0 Å². The standard InChI is InChI=1S/C16H27NO3/c1-11-6-3-2-4-9-14(11)17-15(18)12-7-5-8-13(10-12)16(19)20/h11-14H,2-10H2,1H3,(H,17,18)(H,19,20). The minimum absolute atomic E-state index is 0.0923. The SMILES string of the molecule is CC1CCCCCC1NC(=O)C1CCCC(C(=O)O)C1. The van der Waals surface area contributed by atoms with E-state index in [2.05, 4.69) is 12.2 Å². The maximum absolute atomic E-state index is 12.4. The summed E-state index contributed by atoms with van der Waals surface area (Å²) in [6.45, 7) is 2.22. The molecule has 0 saturated heterocycles. The molecule has 2 aliphatic carbocycles. The van der Waals surface area contributed by atoms with E-state index in [1.807, 2.05) is 0 Å². The lowest BCUT2D eigenvalue weighted by molar-refractivity contribution is -0.144. The lowest BCUT2D eigenvalue weighted by Gasteiger charge is -2.29. The summed E-state index contributed by atoms with van der Waals surface area (Å²) in [7, 11) is 0. The first-order valence-corrected chi connectivity index (χ1v) is 8.11. The van der Waals surface area contributed by atoms with Gasteiger partial charge in [0, 0.05) is 12.0 Å². The monoisotopic (exact) mass is 281 g/mol. The Morgan fingerprint density at radius 3 is 2.40 bits per heavy atom. The highest BCUT2D eigenvalue weighted by Crippen LogP contribution is 2.30. The predicted octanol–water partition coefficient (Wildman–Crippen LogP) is 2.96. The molecule has 2 N–H and O–H groups in total. The second kappa shape index (κ2) is 7.09. The van der Waals surface area contributed by atoms with Gasteiger partial charge in [-0.2, -0.15) is 0 Å². The van der Waals surface area contributed by atoms with Crippen molar-refractivity contribution in [2.24, 2.45) is 17.8 Å². The van der Waals surface area contributed by atoms with Crippen molar-refractivity contribution in [3.8, 4) is 0 Å². The minimum atomic E-state index is -0.745. The van der Waals surface area contributed by atoms with Gasteiger partial charge in [0.25, 0.3) is 0 Å². The largest absolute Gasteiger partial charge is 0.481 e. The first-order chi connectivity index (χ1) is 9.58. The Morgan fingerprint density at radius 1 is 0.950 bits per heavy atom. The van der Waals surface area contributed by atoms with Gasteiger partial charge in [-0.3, -0.25) is 9.59 Å². The van der Waals surface area contributed by atoms with Gasteiger partial charge in [0.05, 0.1) is 5.92 Å². The maximum atomic E-state index is 12.4. The molecule has 114 valence electrons. The number of carboxylic acids is 1. The van der Waals surface area contributed by atoms with Crippen LogP contribution < -0.4 is 5.32 Å². The van der Waals surface area contributed by atoms with Crippen LogP contribution in [0.4, 0.5) is 0 Å². The van der Waals surface area contributed by atoms with Crippen LogP contribution in [0.15, 0.2) is 0 Å². The fourth-order valence-electron chi connectivity index (χ4n) is 3.66. The summed E-state index contributed by atoms with van der Waals surface area (Å²) in [6.07, 6.45) is 8.92. The van der Waals surface area contributed by atoms with Crippen LogP contribution in [0, 0.1) is 17.8 Å². The molecule has 4 nitrogen and oxygen atoms in total. The van der Waals surface area contributed by atoms with Gasteiger partial charge in [0.1, 0.15) is 0 Å². The van der Waals surface area contributed by atoms with E-state index in [1.165, 1.54) is 25.7 Å². The maximum Gasteiger partial charge on any atom is 0.306 e. The summed E-state index contributed by atoms with van der Waals surface area (Å²) >= 11 is 0. The van der Waals surface area contributed by atoms with E-state index < -0.39 is 5.97 Å². The lowest BCUT2D eigenvalue weighted by Crippen LogP contribution is -2.43. The molecule has 1 amide bonds. The lowest BCUT2D eigenvalue weighted by atomic mass is 9.80. The molecule has 4 atom stereocenters. The molecule has 2 saturated carbocycles. The molecule has 4 unspecified atom stereocenters. The summed E-state index contributed by atoms with van der Waals surface area (Å²) < 4.78 is 0. The topological polar surface area (TPSA) is 66.4 Å². The first-order valence-electron chi connectivity index (χ1n) is 8.11. The highest BCUT2D eigenvalue weighted by atomic mass is 16.4. The molecule has 0 aromatic carbocycles. The van der Waals surface area contributed by atoms with Gasteiger partial charge < -0.3 is 10.4 Å². The fourth-order valence-corrected chi connectivity index (χ4v) is 3.66. The number of aliphatic carboxylic acids is 1. The van der Waals surface area contributed by atoms with E-state index in [0.717, 1.165) is 25.7 Å². The van der Waals surface area contributed by atoms with E-state index >= 15 is 0 Å². The van der Waals surface area contributed by atoms with Crippen molar-refractivity contribution in [1.82, 2.24) is 5.32 Å². The van der Waals surface area contributed by atoms with Crippen molar-refractivity contribution in [2.75, 3.05) is 0 Å². The Kier molecular flexibility index (Phi) is 5.44. The second-order valence-electron chi connectivity index (χ2n) is 6.63. The Balaban J connectivity index is 1.88. The predicted molar refractivity (Wildman–Crippen MR) is 77.3 cm³/mol. The summed E-state index contributed by atoms with van der Waals surface area (Å²) in [5, 5.41) is 12.3. The molecule has 2 aliphatic rings. The van der Waals surface area contributed by atoms with Gasteiger partial charge in [0.2, 0.25) is 5.91 Å². The van der Waals surface area contributed by atoms with E-state index in [9.17, 15) is 9.59 Å². The molecule has 0 heterocycles. The number of rotatable bonds is 3. The molecule has 0 radical (unpaired) electrons. The van der Waals surface area contributed by atoms with Gasteiger partial charge in [-0.25, -0.2) is 0 Å². The van der Waals surface area contributed by atoms with Crippen molar-refractivity contribution >= 4 is 11.9 Å². The quantitative estimate of drug-likeness (QED) is 0.782. The van der Waals surface area contributed by atoms with Gasteiger partial charge in [-0.15, -0.1) is 0 Å². The number of amides is 1. The smallest absolute Gasteiger partial charge is 0.306 e. The van der Waals surface area contributed by atoms with Gasteiger partial charge in [0.15, 0.2) is 0 Å². The van der Waals surface area contributed by atoms with Gasteiger partial charge in [-0.05, 0) is 38.0 Å². The number of carbonyl (C=O) groups is 2. The van der Waals surface area contributed by atoms with Crippen LogP contribution >= 0.6 is 0 Å². The van der Waals surface area contributed by atoms with Crippen molar-refractivity contribution in [3.05, 3.63) is 0 Å². The van der Waals surface area contributed by atoms with E-state index in [0.29, 0.717) is 12.3 Å². The van der Waals surface area contributed by atoms with Crippen molar-refractivity contribution in [3.63, 3.8) is 0 Å². The zero-order valence-corrected chi connectivity index (χ0v) is 12.4. The Hall–Kier alpha value is -1.06. The molecular formula is C16H27NO3.